The molecule has 36 heavy (non-hydrogen) atoms. The Kier molecular flexibility index (Phi) is 5.91. The molecule has 0 bridgehead atoms. The van der Waals surface area contributed by atoms with Crippen LogP contribution in [-0.2, 0) is 0 Å². The molecule has 2 aliphatic heterocycles. The maximum absolute atomic E-state index is 13.6. The first-order valence-electron chi connectivity index (χ1n) is 13.0. The molecule has 7 nitrogen and oxygen atoms in total. The number of hydrogen-bond donors (Lipinski definition) is 0. The van der Waals surface area contributed by atoms with Crippen molar-refractivity contribution in [3.05, 3.63) is 77.9 Å². The minimum absolute atomic E-state index is 0.0403. The second-order valence-electron chi connectivity index (χ2n) is 10.3. The fourth-order valence-electron chi connectivity index (χ4n) is 5.62. The summed E-state index contributed by atoms with van der Waals surface area (Å²) < 4.78 is 1.88. The highest BCUT2D eigenvalue weighted by Crippen LogP contribution is 2.33. The zero-order valence-corrected chi connectivity index (χ0v) is 21.0. The fraction of sp³-hybridized carbons (Fsp3) is 0.379. The standard InChI is InChI=1S/C29H32N6O/c1-20-12-15-33(18-20)28-21(2)19-35-27(31-28)16-25(32-35)26-7-3-4-14-34(26)29(36)23-10-8-22(9-11-23)24-6-5-13-30-17-24/h5-6,8-11,13,16-17,19-20,26H,3-4,7,12,14-15,18H2,1-2H3/t20-,26-/m0/s1. The molecular formula is C29H32N6O. The molecule has 2 atom stereocenters. The molecule has 6 rings (SSSR count). The molecule has 5 heterocycles. The van der Waals surface area contributed by atoms with Gasteiger partial charge in [-0.25, -0.2) is 9.50 Å². The lowest BCUT2D eigenvalue weighted by Crippen LogP contribution is -2.38. The van der Waals surface area contributed by atoms with Crippen molar-refractivity contribution in [2.45, 2.75) is 45.6 Å². The Bertz CT molecular complexity index is 1380. The van der Waals surface area contributed by atoms with Crippen LogP contribution in [0.2, 0.25) is 0 Å². The van der Waals surface area contributed by atoms with Gasteiger partial charge in [-0.05, 0) is 67.9 Å². The van der Waals surface area contributed by atoms with Crippen LogP contribution >= 0.6 is 0 Å². The maximum atomic E-state index is 13.6. The van der Waals surface area contributed by atoms with Gasteiger partial charge in [0.05, 0.1) is 11.7 Å². The number of anilines is 1. The van der Waals surface area contributed by atoms with Gasteiger partial charge in [0.15, 0.2) is 5.65 Å². The van der Waals surface area contributed by atoms with Gasteiger partial charge in [0.25, 0.3) is 5.91 Å². The number of rotatable bonds is 4. The summed E-state index contributed by atoms with van der Waals surface area (Å²) in [5, 5.41) is 4.89. The number of fused-ring (bicyclic) bond motifs is 1. The van der Waals surface area contributed by atoms with E-state index in [1.807, 2.05) is 52.0 Å². The predicted molar refractivity (Wildman–Crippen MR) is 141 cm³/mol. The topological polar surface area (TPSA) is 66.6 Å². The molecule has 2 aliphatic rings. The second-order valence-corrected chi connectivity index (χ2v) is 10.3. The molecule has 1 aromatic carbocycles. The number of carbonyl (C=O) groups excluding carboxylic acids is 1. The Morgan fingerprint density at radius 1 is 1.03 bits per heavy atom. The van der Waals surface area contributed by atoms with Crippen molar-refractivity contribution < 1.29 is 4.79 Å². The van der Waals surface area contributed by atoms with Gasteiger partial charge in [-0.1, -0.05) is 25.1 Å². The number of piperidine rings is 1. The minimum atomic E-state index is -0.0403. The number of amides is 1. The minimum Gasteiger partial charge on any atom is -0.356 e. The van der Waals surface area contributed by atoms with Gasteiger partial charge < -0.3 is 9.80 Å². The van der Waals surface area contributed by atoms with E-state index < -0.39 is 0 Å². The van der Waals surface area contributed by atoms with Crippen molar-refractivity contribution in [2.75, 3.05) is 24.5 Å². The Labute approximate surface area is 211 Å². The monoisotopic (exact) mass is 480 g/mol. The first-order chi connectivity index (χ1) is 17.6. The summed E-state index contributed by atoms with van der Waals surface area (Å²) in [4.78, 5) is 27.2. The molecule has 4 aromatic rings. The Morgan fingerprint density at radius 2 is 1.89 bits per heavy atom. The van der Waals surface area contributed by atoms with Crippen molar-refractivity contribution in [1.82, 2.24) is 24.5 Å². The maximum Gasteiger partial charge on any atom is 0.254 e. The predicted octanol–water partition coefficient (Wildman–Crippen LogP) is 5.31. The zero-order valence-electron chi connectivity index (χ0n) is 21.0. The number of likely N-dealkylation sites (tertiary alicyclic amines) is 1. The third kappa shape index (κ3) is 4.23. The molecule has 0 radical (unpaired) electrons. The Hall–Kier alpha value is -3.74. The van der Waals surface area contributed by atoms with Gasteiger partial charge >= 0.3 is 0 Å². The van der Waals surface area contributed by atoms with E-state index in [0.717, 1.165) is 72.7 Å². The molecule has 0 saturated carbocycles. The summed E-state index contributed by atoms with van der Waals surface area (Å²) in [6.07, 6.45) is 9.91. The summed E-state index contributed by atoms with van der Waals surface area (Å²) >= 11 is 0. The molecule has 2 fully saturated rings. The summed E-state index contributed by atoms with van der Waals surface area (Å²) in [5.41, 5.74) is 5.72. The quantitative estimate of drug-likeness (QED) is 0.396. The van der Waals surface area contributed by atoms with E-state index in [2.05, 4.69) is 36.0 Å². The number of aryl methyl sites for hydroxylation is 1. The van der Waals surface area contributed by atoms with Crippen LogP contribution in [0.5, 0.6) is 0 Å². The third-order valence-corrected chi connectivity index (χ3v) is 7.58. The summed E-state index contributed by atoms with van der Waals surface area (Å²) in [6, 6.07) is 13.8. The smallest absolute Gasteiger partial charge is 0.254 e. The molecule has 0 aliphatic carbocycles. The van der Waals surface area contributed by atoms with Crippen LogP contribution in [0.15, 0.2) is 61.1 Å². The number of carbonyl (C=O) groups is 1. The van der Waals surface area contributed by atoms with Gasteiger partial charge in [-0.2, -0.15) is 5.10 Å². The first-order valence-corrected chi connectivity index (χ1v) is 13.0. The summed E-state index contributed by atoms with van der Waals surface area (Å²) in [7, 11) is 0. The number of nitrogens with zero attached hydrogens (tertiary/aromatic N) is 6. The normalized spacial score (nSPS) is 20.3. The lowest BCUT2D eigenvalue weighted by Gasteiger charge is -2.34. The van der Waals surface area contributed by atoms with E-state index in [4.69, 9.17) is 10.1 Å². The first kappa shape index (κ1) is 22.7. The van der Waals surface area contributed by atoms with Crippen LogP contribution in [0.4, 0.5) is 5.82 Å². The number of aromatic nitrogens is 4. The lowest BCUT2D eigenvalue weighted by atomic mass is 9.97. The SMILES string of the molecule is Cc1cn2nc([C@@H]3CCCCN3C(=O)c3ccc(-c4cccnc4)cc3)cc2nc1N1CC[C@H](C)C1. The van der Waals surface area contributed by atoms with E-state index in [1.54, 1.807) is 6.20 Å². The van der Waals surface area contributed by atoms with E-state index in [9.17, 15) is 4.79 Å². The fourth-order valence-corrected chi connectivity index (χ4v) is 5.62. The van der Waals surface area contributed by atoms with E-state index >= 15 is 0 Å². The van der Waals surface area contributed by atoms with Crippen LogP contribution in [-0.4, -0.2) is 50.0 Å². The molecule has 1 amide bonds. The average Bonchev–Trinajstić information content (AvgIpc) is 3.54. The van der Waals surface area contributed by atoms with E-state index in [-0.39, 0.29) is 11.9 Å². The van der Waals surface area contributed by atoms with Crippen molar-refractivity contribution in [3.63, 3.8) is 0 Å². The van der Waals surface area contributed by atoms with E-state index in [0.29, 0.717) is 11.5 Å². The number of hydrogen-bond acceptors (Lipinski definition) is 5. The highest BCUT2D eigenvalue weighted by molar-refractivity contribution is 5.95. The molecule has 184 valence electrons. The summed E-state index contributed by atoms with van der Waals surface area (Å²) in [6.45, 7) is 7.25. The van der Waals surface area contributed by atoms with Gasteiger partial charge in [0.2, 0.25) is 0 Å². The van der Waals surface area contributed by atoms with Crippen molar-refractivity contribution in [2.24, 2.45) is 5.92 Å². The molecule has 7 heteroatoms. The van der Waals surface area contributed by atoms with Crippen molar-refractivity contribution in [1.29, 1.82) is 0 Å². The van der Waals surface area contributed by atoms with Crippen LogP contribution in [0.25, 0.3) is 16.8 Å². The van der Waals surface area contributed by atoms with E-state index in [1.165, 1.54) is 6.42 Å². The second kappa shape index (κ2) is 9.37. The molecule has 0 unspecified atom stereocenters. The Balaban J connectivity index is 1.27. The molecule has 2 saturated heterocycles. The highest BCUT2D eigenvalue weighted by Gasteiger charge is 2.31. The molecular weight excluding hydrogens is 448 g/mol. The number of pyridine rings is 1. The van der Waals surface area contributed by atoms with Crippen molar-refractivity contribution in [3.8, 4) is 11.1 Å². The van der Waals surface area contributed by atoms with Crippen LogP contribution < -0.4 is 4.90 Å². The van der Waals surface area contributed by atoms with Crippen LogP contribution in [0, 0.1) is 12.8 Å². The van der Waals surface area contributed by atoms with Gasteiger partial charge in [-0.3, -0.25) is 9.78 Å². The van der Waals surface area contributed by atoms with Crippen molar-refractivity contribution >= 4 is 17.4 Å². The third-order valence-electron chi connectivity index (χ3n) is 7.58. The Morgan fingerprint density at radius 3 is 2.64 bits per heavy atom. The molecule has 0 N–H and O–H groups in total. The highest BCUT2D eigenvalue weighted by atomic mass is 16.2. The summed E-state index contributed by atoms with van der Waals surface area (Å²) in [5.74, 6) is 1.82. The van der Waals surface area contributed by atoms with Gasteiger partial charge in [0, 0.05) is 55.4 Å². The molecule has 3 aromatic heterocycles. The van der Waals surface area contributed by atoms with Gasteiger partial charge in [0.1, 0.15) is 5.82 Å². The zero-order chi connectivity index (χ0) is 24.6. The molecule has 0 spiro atoms. The lowest BCUT2D eigenvalue weighted by molar-refractivity contribution is 0.0605. The van der Waals surface area contributed by atoms with Gasteiger partial charge in [-0.15, -0.1) is 0 Å². The average molecular weight is 481 g/mol. The largest absolute Gasteiger partial charge is 0.356 e. The number of benzene rings is 1. The van der Waals surface area contributed by atoms with Crippen LogP contribution in [0.3, 0.4) is 0 Å². The van der Waals surface area contributed by atoms with Crippen LogP contribution in [0.1, 0.15) is 60.3 Å².